The Kier molecular flexibility index (Phi) is 6.13. The van der Waals surface area contributed by atoms with Crippen LogP contribution < -0.4 is 10.0 Å². The molecule has 0 spiro atoms. The summed E-state index contributed by atoms with van der Waals surface area (Å²) in [4.78, 5) is 11.3. The zero-order valence-electron chi connectivity index (χ0n) is 11.3. The summed E-state index contributed by atoms with van der Waals surface area (Å²) < 4.78 is 27.0. The van der Waals surface area contributed by atoms with E-state index in [1.54, 1.807) is 0 Å². The first-order valence-electron chi connectivity index (χ1n) is 6.33. The van der Waals surface area contributed by atoms with Gasteiger partial charge in [-0.1, -0.05) is 12.1 Å². The summed E-state index contributed by atoms with van der Waals surface area (Å²) in [5, 5.41) is 3.16. The van der Waals surface area contributed by atoms with Crippen molar-refractivity contribution in [1.82, 2.24) is 10.0 Å². The van der Waals surface area contributed by atoms with Crippen molar-refractivity contribution in [2.24, 2.45) is 0 Å². The Bertz CT molecular complexity index is 551. The quantitative estimate of drug-likeness (QED) is 0.822. The summed E-state index contributed by atoms with van der Waals surface area (Å²) in [5.74, 6) is -0.0756. The van der Waals surface area contributed by atoms with Gasteiger partial charge in [0.25, 0.3) is 0 Å². The van der Waals surface area contributed by atoms with E-state index in [0.29, 0.717) is 12.1 Å². The molecule has 2 N–H and O–H groups in total. The highest BCUT2D eigenvalue weighted by Crippen LogP contribution is 2.13. The number of piperidine rings is 1. The molecule has 0 aromatic heterocycles. The number of nitrogens with one attached hydrogen (secondary N) is 2. The summed E-state index contributed by atoms with van der Waals surface area (Å²) in [6.07, 6.45) is 1.81. The Morgan fingerprint density at radius 2 is 1.95 bits per heavy atom. The van der Waals surface area contributed by atoms with E-state index in [1.165, 1.54) is 31.2 Å². The zero-order chi connectivity index (χ0) is 13.9. The van der Waals surface area contributed by atoms with Crippen molar-refractivity contribution in [1.29, 1.82) is 0 Å². The van der Waals surface area contributed by atoms with E-state index in [4.69, 9.17) is 0 Å². The van der Waals surface area contributed by atoms with Crippen molar-refractivity contribution in [3.63, 3.8) is 0 Å². The molecule has 7 heteroatoms. The average Bonchev–Trinajstić information content (AvgIpc) is 2.39. The molecule has 0 bridgehead atoms. The van der Waals surface area contributed by atoms with Crippen LogP contribution in [0.1, 0.15) is 30.1 Å². The number of carbonyl (C=O) groups is 1. The summed E-state index contributed by atoms with van der Waals surface area (Å²) in [7, 11) is -3.50. The van der Waals surface area contributed by atoms with Crippen LogP contribution in [0.4, 0.5) is 0 Å². The van der Waals surface area contributed by atoms with Crippen LogP contribution >= 0.6 is 12.4 Å². The molecule has 1 fully saturated rings. The molecule has 2 rings (SSSR count). The number of carbonyl (C=O) groups excluding carboxylic acids is 1. The molecule has 1 aliphatic heterocycles. The molecule has 1 aromatic carbocycles. The average molecular weight is 319 g/mol. The number of hydrogen-bond acceptors (Lipinski definition) is 4. The van der Waals surface area contributed by atoms with E-state index in [2.05, 4.69) is 10.0 Å². The third-order valence-electron chi connectivity index (χ3n) is 3.19. The van der Waals surface area contributed by atoms with E-state index < -0.39 is 10.0 Å². The molecular formula is C13H19ClN2O3S. The van der Waals surface area contributed by atoms with Gasteiger partial charge in [0, 0.05) is 18.2 Å². The van der Waals surface area contributed by atoms with Gasteiger partial charge in [0.1, 0.15) is 0 Å². The third-order valence-corrected chi connectivity index (χ3v) is 4.73. The number of sulfonamides is 1. The topological polar surface area (TPSA) is 75.3 Å². The predicted molar refractivity (Wildman–Crippen MR) is 79.9 cm³/mol. The van der Waals surface area contributed by atoms with Crippen molar-refractivity contribution < 1.29 is 13.2 Å². The molecule has 1 heterocycles. The normalized spacial score (nSPS) is 19.1. The highest BCUT2D eigenvalue weighted by Gasteiger charge is 2.21. The Morgan fingerprint density at radius 3 is 2.45 bits per heavy atom. The lowest BCUT2D eigenvalue weighted by atomic mass is 10.1. The van der Waals surface area contributed by atoms with Crippen LogP contribution in [0.5, 0.6) is 0 Å². The van der Waals surface area contributed by atoms with Gasteiger partial charge in [0.2, 0.25) is 10.0 Å². The van der Waals surface area contributed by atoms with Crippen molar-refractivity contribution >= 4 is 28.2 Å². The van der Waals surface area contributed by atoms with Crippen LogP contribution in [0.2, 0.25) is 0 Å². The number of rotatable bonds is 4. The molecule has 5 nitrogen and oxygen atoms in total. The molecule has 0 saturated carbocycles. The molecule has 1 aliphatic rings. The van der Waals surface area contributed by atoms with Crippen LogP contribution in [0.25, 0.3) is 0 Å². The molecule has 20 heavy (non-hydrogen) atoms. The summed E-state index contributed by atoms with van der Waals surface area (Å²) in [6.45, 7) is 3.05. The number of Topliss-reactive ketones (excluding diaryl/α,β-unsaturated/α-hetero) is 1. The SMILES string of the molecule is CC(=O)c1ccc(S(=O)(=O)N[C@H]2CCCNC2)cc1.Cl. The Hall–Kier alpha value is -0.950. The third kappa shape index (κ3) is 4.28. The van der Waals surface area contributed by atoms with Crippen LogP contribution in [-0.4, -0.2) is 33.3 Å². The lowest BCUT2D eigenvalue weighted by molar-refractivity contribution is 0.101. The van der Waals surface area contributed by atoms with Gasteiger partial charge in [0.05, 0.1) is 4.90 Å². The van der Waals surface area contributed by atoms with E-state index in [9.17, 15) is 13.2 Å². The first kappa shape index (κ1) is 17.1. The van der Waals surface area contributed by atoms with Gasteiger partial charge in [-0.3, -0.25) is 4.79 Å². The predicted octanol–water partition coefficient (Wildman–Crippen LogP) is 1.34. The highest BCUT2D eigenvalue weighted by atomic mass is 35.5. The first-order chi connectivity index (χ1) is 8.99. The Labute approximate surface area is 125 Å². The molecular weight excluding hydrogens is 300 g/mol. The van der Waals surface area contributed by atoms with Crippen LogP contribution in [-0.2, 0) is 10.0 Å². The van der Waals surface area contributed by atoms with Gasteiger partial charge in [-0.25, -0.2) is 13.1 Å². The minimum absolute atomic E-state index is 0. The standard InChI is InChI=1S/C13H18N2O3S.ClH/c1-10(16)11-4-6-13(7-5-11)19(17,18)15-12-3-2-8-14-9-12;/h4-7,12,14-15H,2-3,8-9H2,1H3;1H/t12-;/m0./s1. The summed E-state index contributed by atoms with van der Waals surface area (Å²) in [6, 6.07) is 5.95. The van der Waals surface area contributed by atoms with Gasteiger partial charge in [-0.15, -0.1) is 12.4 Å². The monoisotopic (exact) mass is 318 g/mol. The smallest absolute Gasteiger partial charge is 0.240 e. The molecule has 1 saturated heterocycles. The van der Waals surface area contributed by atoms with E-state index in [0.717, 1.165) is 19.4 Å². The van der Waals surface area contributed by atoms with Crippen molar-refractivity contribution in [2.75, 3.05) is 13.1 Å². The largest absolute Gasteiger partial charge is 0.315 e. The number of hydrogen-bond donors (Lipinski definition) is 2. The fourth-order valence-electron chi connectivity index (χ4n) is 2.11. The maximum Gasteiger partial charge on any atom is 0.240 e. The van der Waals surface area contributed by atoms with Crippen LogP contribution in [0.15, 0.2) is 29.2 Å². The second-order valence-corrected chi connectivity index (χ2v) is 6.46. The molecule has 1 aromatic rings. The number of halogens is 1. The highest BCUT2D eigenvalue weighted by molar-refractivity contribution is 7.89. The lowest BCUT2D eigenvalue weighted by Gasteiger charge is -2.23. The second kappa shape index (κ2) is 7.17. The Morgan fingerprint density at radius 1 is 1.30 bits per heavy atom. The molecule has 0 amide bonds. The minimum atomic E-state index is -3.50. The van der Waals surface area contributed by atoms with E-state index in [1.807, 2.05) is 0 Å². The number of ketones is 1. The van der Waals surface area contributed by atoms with E-state index in [-0.39, 0.29) is 29.1 Å². The maximum absolute atomic E-state index is 12.2. The van der Waals surface area contributed by atoms with Crippen molar-refractivity contribution in [2.45, 2.75) is 30.7 Å². The molecule has 1 atom stereocenters. The fourth-order valence-corrected chi connectivity index (χ4v) is 3.38. The molecule has 0 aliphatic carbocycles. The van der Waals surface area contributed by atoms with Crippen molar-refractivity contribution in [3.8, 4) is 0 Å². The first-order valence-corrected chi connectivity index (χ1v) is 7.81. The minimum Gasteiger partial charge on any atom is -0.315 e. The van der Waals surface area contributed by atoms with Crippen LogP contribution in [0, 0.1) is 0 Å². The maximum atomic E-state index is 12.2. The van der Waals surface area contributed by atoms with Gasteiger partial charge in [-0.2, -0.15) is 0 Å². The van der Waals surface area contributed by atoms with Crippen LogP contribution in [0.3, 0.4) is 0 Å². The summed E-state index contributed by atoms with van der Waals surface area (Å²) >= 11 is 0. The molecule has 112 valence electrons. The Balaban J connectivity index is 0.00000200. The van der Waals surface area contributed by atoms with Gasteiger partial charge >= 0.3 is 0 Å². The van der Waals surface area contributed by atoms with E-state index >= 15 is 0 Å². The van der Waals surface area contributed by atoms with Gasteiger partial charge < -0.3 is 5.32 Å². The van der Waals surface area contributed by atoms with Gasteiger partial charge in [0.15, 0.2) is 5.78 Å². The zero-order valence-corrected chi connectivity index (χ0v) is 12.9. The molecule has 0 radical (unpaired) electrons. The number of benzene rings is 1. The molecule has 0 unspecified atom stereocenters. The fraction of sp³-hybridized carbons (Fsp3) is 0.462. The van der Waals surface area contributed by atoms with Gasteiger partial charge in [-0.05, 0) is 38.4 Å². The lowest BCUT2D eigenvalue weighted by Crippen LogP contribution is -2.45. The second-order valence-electron chi connectivity index (χ2n) is 4.75. The van der Waals surface area contributed by atoms with Crippen molar-refractivity contribution in [3.05, 3.63) is 29.8 Å². The summed E-state index contributed by atoms with van der Waals surface area (Å²) in [5.41, 5.74) is 0.512.